The summed E-state index contributed by atoms with van der Waals surface area (Å²) >= 11 is 0. The van der Waals surface area contributed by atoms with Crippen LogP contribution in [0.1, 0.15) is 37.6 Å². The number of ether oxygens (including phenoxy) is 1. The van der Waals surface area contributed by atoms with Crippen LogP contribution < -0.4 is 15.8 Å². The number of aromatic nitrogens is 1. The van der Waals surface area contributed by atoms with Gasteiger partial charge in [0.25, 0.3) is 0 Å². The van der Waals surface area contributed by atoms with E-state index in [2.05, 4.69) is 17.2 Å². The molecule has 0 unspecified atom stereocenters. The summed E-state index contributed by atoms with van der Waals surface area (Å²) in [6, 6.07) is 11.6. The molecule has 4 N–H and O–H groups in total. The van der Waals surface area contributed by atoms with Crippen LogP contribution >= 0.6 is 13.5 Å². The van der Waals surface area contributed by atoms with E-state index in [1.165, 1.54) is 0 Å². The number of benzene rings is 1. The van der Waals surface area contributed by atoms with Crippen molar-refractivity contribution in [3.05, 3.63) is 47.8 Å². The molecule has 0 fully saturated rings. The highest BCUT2D eigenvalue weighted by molar-refractivity contribution is 7.59. The highest BCUT2D eigenvalue weighted by Crippen LogP contribution is 2.29. The minimum Gasteiger partial charge on any atom is -0.485 e. The fourth-order valence-electron chi connectivity index (χ4n) is 2.63. The van der Waals surface area contributed by atoms with Crippen LogP contribution in [-0.4, -0.2) is 22.7 Å². The molecule has 1 heterocycles. The van der Waals surface area contributed by atoms with Crippen LogP contribution in [0.5, 0.6) is 5.75 Å². The maximum absolute atomic E-state index is 9.24. The first-order valence-corrected chi connectivity index (χ1v) is 8.44. The minimum atomic E-state index is 0. The van der Waals surface area contributed by atoms with Gasteiger partial charge in [0.05, 0.1) is 11.4 Å². The Labute approximate surface area is 157 Å². The lowest BCUT2D eigenvalue weighted by molar-refractivity contribution is 0.275. The molecule has 0 aliphatic rings. The van der Waals surface area contributed by atoms with Gasteiger partial charge in [0.15, 0.2) is 0 Å². The Bertz CT molecular complexity index is 646. The largest absolute Gasteiger partial charge is 0.485 e. The van der Waals surface area contributed by atoms with Crippen LogP contribution in [-0.2, 0) is 6.61 Å². The second-order valence-corrected chi connectivity index (χ2v) is 5.96. The molecule has 25 heavy (non-hydrogen) atoms. The van der Waals surface area contributed by atoms with Crippen molar-refractivity contribution in [2.75, 3.05) is 17.7 Å². The van der Waals surface area contributed by atoms with Gasteiger partial charge in [0.2, 0.25) is 0 Å². The number of hydrogen-bond acceptors (Lipinski definition) is 5. The van der Waals surface area contributed by atoms with E-state index in [0.717, 1.165) is 35.7 Å². The number of nitrogens with one attached hydrogen (secondary N) is 1. The van der Waals surface area contributed by atoms with Crippen molar-refractivity contribution in [3.63, 3.8) is 0 Å². The molecular formula is C19H29N3O2S. The van der Waals surface area contributed by atoms with Gasteiger partial charge >= 0.3 is 0 Å². The molecule has 138 valence electrons. The molecule has 1 atom stereocenters. The molecular weight excluding hydrogens is 334 g/mol. The smallest absolute Gasteiger partial charge is 0.143 e. The molecule has 0 spiro atoms. The summed E-state index contributed by atoms with van der Waals surface area (Å²) in [5.41, 5.74) is 9.31. The second-order valence-electron chi connectivity index (χ2n) is 5.96. The van der Waals surface area contributed by atoms with Crippen LogP contribution in [0.4, 0.5) is 11.4 Å². The number of aliphatic hydroxyl groups excluding tert-OH is 1. The summed E-state index contributed by atoms with van der Waals surface area (Å²) in [7, 11) is 0. The molecule has 0 bridgehead atoms. The van der Waals surface area contributed by atoms with Crippen molar-refractivity contribution in [1.29, 1.82) is 0 Å². The Kier molecular flexibility index (Phi) is 9.16. The zero-order valence-electron chi connectivity index (χ0n) is 15.0. The molecule has 6 heteroatoms. The Hall–Kier alpha value is -1.92. The van der Waals surface area contributed by atoms with Gasteiger partial charge in [-0.2, -0.15) is 13.5 Å². The van der Waals surface area contributed by atoms with E-state index >= 15 is 0 Å². The fourth-order valence-corrected chi connectivity index (χ4v) is 2.63. The second kappa shape index (κ2) is 10.8. The summed E-state index contributed by atoms with van der Waals surface area (Å²) in [5.74, 6) is 0.742. The first kappa shape index (κ1) is 21.1. The van der Waals surface area contributed by atoms with Gasteiger partial charge in [0, 0.05) is 24.0 Å². The Morgan fingerprint density at radius 3 is 2.72 bits per heavy atom. The van der Waals surface area contributed by atoms with E-state index in [9.17, 15) is 5.11 Å². The Balaban J connectivity index is 0.00000312. The number of nitrogens with zero attached hydrogens (tertiary/aromatic N) is 1. The highest BCUT2D eigenvalue weighted by Gasteiger charge is 2.11. The molecule has 2 rings (SSSR count). The van der Waals surface area contributed by atoms with Gasteiger partial charge in [-0.25, -0.2) is 0 Å². The predicted molar refractivity (Wildman–Crippen MR) is 109 cm³/mol. The third-order valence-corrected chi connectivity index (χ3v) is 3.80. The number of hydrogen-bond donors (Lipinski definition) is 3. The number of rotatable bonds is 9. The number of pyridine rings is 1. The van der Waals surface area contributed by atoms with Gasteiger partial charge in [0.1, 0.15) is 12.4 Å². The maximum Gasteiger partial charge on any atom is 0.143 e. The van der Waals surface area contributed by atoms with Crippen molar-refractivity contribution in [2.45, 2.75) is 45.8 Å². The predicted octanol–water partition coefficient (Wildman–Crippen LogP) is 3.63. The molecule has 0 amide bonds. The molecule has 1 aromatic carbocycles. The van der Waals surface area contributed by atoms with E-state index in [1.54, 1.807) is 0 Å². The van der Waals surface area contributed by atoms with Gasteiger partial charge in [-0.05, 0) is 50.1 Å². The lowest BCUT2D eigenvalue weighted by Crippen LogP contribution is -2.21. The normalized spacial score (nSPS) is 11.5. The van der Waals surface area contributed by atoms with Crippen LogP contribution in [0.15, 0.2) is 36.4 Å². The summed E-state index contributed by atoms with van der Waals surface area (Å²) in [6.07, 6.45) is 2.72. The molecule has 0 aliphatic carbocycles. The molecule has 0 saturated carbocycles. The topological polar surface area (TPSA) is 80.4 Å². The average molecular weight is 364 g/mol. The van der Waals surface area contributed by atoms with Crippen LogP contribution in [0.2, 0.25) is 0 Å². The Morgan fingerprint density at radius 1 is 1.24 bits per heavy atom. The molecule has 1 aromatic heterocycles. The third kappa shape index (κ3) is 6.84. The summed E-state index contributed by atoms with van der Waals surface area (Å²) in [6.45, 7) is 4.65. The maximum atomic E-state index is 9.24. The van der Waals surface area contributed by atoms with Crippen LogP contribution in [0, 0.1) is 6.92 Å². The SMILES string of the molecule is CCC[C@@H](CCO)Nc1cc(N)ccc1OCc1cccc(C)n1.S. The first-order chi connectivity index (χ1) is 11.6. The number of aryl methyl sites for hydroxylation is 1. The fraction of sp³-hybridized carbons (Fsp3) is 0.421. The Morgan fingerprint density at radius 2 is 2.04 bits per heavy atom. The van der Waals surface area contributed by atoms with Gasteiger partial charge in [-0.15, -0.1) is 0 Å². The quantitative estimate of drug-likeness (QED) is 0.593. The van der Waals surface area contributed by atoms with Crippen molar-refractivity contribution in [2.24, 2.45) is 0 Å². The van der Waals surface area contributed by atoms with Gasteiger partial charge in [-0.1, -0.05) is 19.4 Å². The molecule has 5 nitrogen and oxygen atoms in total. The number of nitrogens with two attached hydrogens (primary N) is 1. The third-order valence-electron chi connectivity index (χ3n) is 3.80. The van der Waals surface area contributed by atoms with Crippen molar-refractivity contribution in [1.82, 2.24) is 4.98 Å². The van der Waals surface area contributed by atoms with Gasteiger partial charge in [-0.3, -0.25) is 4.98 Å². The van der Waals surface area contributed by atoms with E-state index < -0.39 is 0 Å². The number of aliphatic hydroxyl groups is 1. The van der Waals surface area contributed by atoms with E-state index in [0.29, 0.717) is 18.7 Å². The lowest BCUT2D eigenvalue weighted by atomic mass is 10.1. The molecule has 2 aromatic rings. The molecule has 0 saturated heterocycles. The lowest BCUT2D eigenvalue weighted by Gasteiger charge is -2.21. The summed E-state index contributed by atoms with van der Waals surface area (Å²) < 4.78 is 5.95. The number of nitrogen functional groups attached to an aromatic ring is 1. The zero-order valence-corrected chi connectivity index (χ0v) is 16.0. The summed E-state index contributed by atoms with van der Waals surface area (Å²) in [4.78, 5) is 4.45. The van der Waals surface area contributed by atoms with E-state index in [1.807, 2.05) is 43.3 Å². The van der Waals surface area contributed by atoms with Crippen LogP contribution in [0.3, 0.4) is 0 Å². The average Bonchev–Trinajstić information content (AvgIpc) is 2.55. The number of anilines is 2. The van der Waals surface area contributed by atoms with Crippen molar-refractivity contribution in [3.8, 4) is 5.75 Å². The van der Waals surface area contributed by atoms with Crippen molar-refractivity contribution >= 4 is 24.9 Å². The van der Waals surface area contributed by atoms with Gasteiger partial charge < -0.3 is 20.9 Å². The first-order valence-electron chi connectivity index (χ1n) is 8.44. The minimum absolute atomic E-state index is 0. The standard InChI is InChI=1S/C19H27N3O2.H2S/c1-3-5-16(10-11-23)22-18-12-15(20)8-9-19(18)24-13-17-7-4-6-14(2)21-17;/h4,6-9,12,16,22-23H,3,5,10-11,13,20H2,1-2H3;1H2/t16-;/m0./s1. The van der Waals surface area contributed by atoms with E-state index in [-0.39, 0.29) is 26.1 Å². The monoisotopic (exact) mass is 363 g/mol. The molecule has 0 radical (unpaired) electrons. The summed E-state index contributed by atoms with van der Waals surface area (Å²) in [5, 5.41) is 12.7. The zero-order chi connectivity index (χ0) is 17.4. The molecule has 0 aliphatic heterocycles. The van der Waals surface area contributed by atoms with Crippen LogP contribution in [0.25, 0.3) is 0 Å². The highest BCUT2D eigenvalue weighted by atomic mass is 32.1. The van der Waals surface area contributed by atoms with E-state index in [4.69, 9.17) is 10.5 Å². The van der Waals surface area contributed by atoms with Crippen molar-refractivity contribution < 1.29 is 9.84 Å².